The molecule has 0 unspecified atom stereocenters. The standard InChI is InChI=1S/C19H23FN2/c20-10-9-19(22-13-11-21-12-14-22)18-8-4-7-17(15-18)16-5-2-1-3-6-16/h1-8,15,19,21H,9-14H2/t19-/m1/s1. The molecule has 0 bridgehead atoms. The molecule has 1 aliphatic rings. The Balaban J connectivity index is 1.87. The minimum absolute atomic E-state index is 0.177. The second-order valence-corrected chi connectivity index (χ2v) is 5.77. The lowest BCUT2D eigenvalue weighted by molar-refractivity contribution is 0.157. The van der Waals surface area contributed by atoms with Crippen molar-refractivity contribution in [2.24, 2.45) is 0 Å². The summed E-state index contributed by atoms with van der Waals surface area (Å²) in [5, 5.41) is 3.36. The van der Waals surface area contributed by atoms with Gasteiger partial charge in [0.2, 0.25) is 0 Å². The molecule has 2 nitrogen and oxygen atoms in total. The molecule has 3 heteroatoms. The molecule has 116 valence electrons. The zero-order chi connectivity index (χ0) is 15.2. The molecule has 1 N–H and O–H groups in total. The van der Waals surface area contributed by atoms with E-state index in [1.165, 1.54) is 16.7 Å². The van der Waals surface area contributed by atoms with E-state index in [2.05, 4.69) is 58.7 Å². The molecule has 0 spiro atoms. The van der Waals surface area contributed by atoms with Crippen molar-refractivity contribution in [1.29, 1.82) is 0 Å². The zero-order valence-corrected chi connectivity index (χ0v) is 12.8. The highest BCUT2D eigenvalue weighted by Gasteiger charge is 2.22. The van der Waals surface area contributed by atoms with Crippen LogP contribution in [0.1, 0.15) is 18.0 Å². The summed E-state index contributed by atoms with van der Waals surface area (Å²) >= 11 is 0. The van der Waals surface area contributed by atoms with Crippen LogP contribution in [0.2, 0.25) is 0 Å². The summed E-state index contributed by atoms with van der Waals surface area (Å²) in [6, 6.07) is 19.1. The van der Waals surface area contributed by atoms with Crippen molar-refractivity contribution in [1.82, 2.24) is 10.2 Å². The molecule has 1 heterocycles. The smallest absolute Gasteiger partial charge is 0.0912 e. The molecule has 22 heavy (non-hydrogen) atoms. The second kappa shape index (κ2) is 7.52. The fraction of sp³-hybridized carbons (Fsp3) is 0.368. The van der Waals surface area contributed by atoms with Crippen molar-refractivity contribution in [3.05, 3.63) is 60.2 Å². The molecule has 1 fully saturated rings. The molecule has 0 saturated carbocycles. The molecule has 0 aliphatic carbocycles. The van der Waals surface area contributed by atoms with E-state index in [1.807, 2.05) is 6.07 Å². The first kappa shape index (κ1) is 15.2. The van der Waals surface area contributed by atoms with Gasteiger partial charge in [0.15, 0.2) is 0 Å². The number of hydrogen-bond acceptors (Lipinski definition) is 2. The van der Waals surface area contributed by atoms with Crippen LogP contribution in [0.5, 0.6) is 0 Å². The van der Waals surface area contributed by atoms with Gasteiger partial charge < -0.3 is 5.32 Å². The third-order valence-electron chi connectivity index (χ3n) is 4.35. The Hall–Kier alpha value is -1.71. The summed E-state index contributed by atoms with van der Waals surface area (Å²) in [6.45, 7) is 3.67. The summed E-state index contributed by atoms with van der Waals surface area (Å²) in [4.78, 5) is 2.40. The molecule has 0 radical (unpaired) electrons. The van der Waals surface area contributed by atoms with Crippen molar-refractivity contribution in [2.45, 2.75) is 12.5 Å². The van der Waals surface area contributed by atoms with E-state index in [0.717, 1.165) is 26.2 Å². The van der Waals surface area contributed by atoms with Crippen LogP contribution in [0.3, 0.4) is 0 Å². The second-order valence-electron chi connectivity index (χ2n) is 5.77. The monoisotopic (exact) mass is 298 g/mol. The Morgan fingerprint density at radius 1 is 0.955 bits per heavy atom. The minimum Gasteiger partial charge on any atom is -0.314 e. The number of piperazine rings is 1. The van der Waals surface area contributed by atoms with E-state index < -0.39 is 0 Å². The van der Waals surface area contributed by atoms with Gasteiger partial charge in [-0.05, 0) is 29.2 Å². The summed E-state index contributed by atoms with van der Waals surface area (Å²) in [7, 11) is 0. The van der Waals surface area contributed by atoms with Crippen LogP contribution in [-0.2, 0) is 0 Å². The van der Waals surface area contributed by atoms with Gasteiger partial charge in [0, 0.05) is 32.2 Å². The SMILES string of the molecule is FCC[C@H](c1cccc(-c2ccccc2)c1)N1CCNCC1. The van der Waals surface area contributed by atoms with E-state index in [-0.39, 0.29) is 12.7 Å². The number of hydrogen-bond donors (Lipinski definition) is 1. The van der Waals surface area contributed by atoms with Crippen molar-refractivity contribution in [2.75, 3.05) is 32.9 Å². The molecule has 2 aromatic rings. The minimum atomic E-state index is -0.274. The number of halogens is 1. The number of benzene rings is 2. The van der Waals surface area contributed by atoms with Gasteiger partial charge in [0.05, 0.1) is 6.67 Å². The van der Waals surface area contributed by atoms with E-state index in [0.29, 0.717) is 6.42 Å². The average molecular weight is 298 g/mol. The Labute approximate surface area is 132 Å². The largest absolute Gasteiger partial charge is 0.314 e. The Kier molecular flexibility index (Phi) is 5.20. The lowest BCUT2D eigenvalue weighted by Crippen LogP contribution is -2.45. The maximum atomic E-state index is 13.1. The first-order chi connectivity index (χ1) is 10.9. The lowest BCUT2D eigenvalue weighted by atomic mass is 9.96. The van der Waals surface area contributed by atoms with Gasteiger partial charge in [-0.3, -0.25) is 9.29 Å². The lowest BCUT2D eigenvalue weighted by Gasteiger charge is -2.35. The number of nitrogens with one attached hydrogen (secondary N) is 1. The Morgan fingerprint density at radius 3 is 2.41 bits per heavy atom. The molecule has 0 aromatic heterocycles. The van der Waals surface area contributed by atoms with Crippen LogP contribution in [0.15, 0.2) is 54.6 Å². The van der Waals surface area contributed by atoms with E-state index in [1.54, 1.807) is 0 Å². The van der Waals surface area contributed by atoms with Crippen LogP contribution in [0, 0.1) is 0 Å². The van der Waals surface area contributed by atoms with Gasteiger partial charge in [-0.25, -0.2) is 0 Å². The maximum Gasteiger partial charge on any atom is 0.0912 e. The predicted molar refractivity (Wildman–Crippen MR) is 89.7 cm³/mol. The Morgan fingerprint density at radius 2 is 1.68 bits per heavy atom. The first-order valence-electron chi connectivity index (χ1n) is 8.04. The van der Waals surface area contributed by atoms with Crippen LogP contribution in [0.25, 0.3) is 11.1 Å². The third-order valence-corrected chi connectivity index (χ3v) is 4.35. The fourth-order valence-corrected chi connectivity index (χ4v) is 3.21. The normalized spacial score (nSPS) is 17.3. The van der Waals surface area contributed by atoms with Gasteiger partial charge in [0.25, 0.3) is 0 Å². The highest BCUT2D eigenvalue weighted by atomic mass is 19.1. The number of rotatable bonds is 5. The highest BCUT2D eigenvalue weighted by molar-refractivity contribution is 5.64. The molecular weight excluding hydrogens is 275 g/mol. The van der Waals surface area contributed by atoms with Gasteiger partial charge in [-0.15, -0.1) is 0 Å². The van der Waals surface area contributed by atoms with Crippen molar-refractivity contribution in [3.63, 3.8) is 0 Å². The first-order valence-corrected chi connectivity index (χ1v) is 8.04. The maximum absolute atomic E-state index is 13.1. The molecule has 2 aromatic carbocycles. The van der Waals surface area contributed by atoms with Crippen LogP contribution >= 0.6 is 0 Å². The van der Waals surface area contributed by atoms with E-state index in [9.17, 15) is 4.39 Å². The molecule has 1 aliphatic heterocycles. The van der Waals surface area contributed by atoms with Crippen molar-refractivity contribution >= 4 is 0 Å². The van der Waals surface area contributed by atoms with Crippen LogP contribution < -0.4 is 5.32 Å². The topological polar surface area (TPSA) is 15.3 Å². The number of nitrogens with zero attached hydrogens (tertiary/aromatic N) is 1. The molecule has 0 amide bonds. The summed E-state index contributed by atoms with van der Waals surface area (Å²) < 4.78 is 13.1. The zero-order valence-electron chi connectivity index (χ0n) is 12.8. The fourth-order valence-electron chi connectivity index (χ4n) is 3.21. The van der Waals surface area contributed by atoms with Gasteiger partial charge >= 0.3 is 0 Å². The quantitative estimate of drug-likeness (QED) is 0.906. The van der Waals surface area contributed by atoms with Crippen molar-refractivity contribution in [3.8, 4) is 11.1 Å². The average Bonchev–Trinajstić information content (AvgIpc) is 2.61. The van der Waals surface area contributed by atoms with E-state index in [4.69, 9.17) is 0 Å². The van der Waals surface area contributed by atoms with Crippen LogP contribution in [0.4, 0.5) is 4.39 Å². The third kappa shape index (κ3) is 3.54. The van der Waals surface area contributed by atoms with Gasteiger partial charge in [-0.1, -0.05) is 48.5 Å². The number of alkyl halides is 1. The van der Waals surface area contributed by atoms with Crippen molar-refractivity contribution < 1.29 is 4.39 Å². The summed E-state index contributed by atoms with van der Waals surface area (Å²) in [5.41, 5.74) is 3.64. The summed E-state index contributed by atoms with van der Waals surface area (Å²) in [6.07, 6.45) is 0.568. The molecular formula is C19H23FN2. The predicted octanol–water partition coefficient (Wildman–Crippen LogP) is 3.66. The highest BCUT2D eigenvalue weighted by Crippen LogP contribution is 2.29. The molecule has 3 rings (SSSR count). The van der Waals surface area contributed by atoms with E-state index >= 15 is 0 Å². The van der Waals surface area contributed by atoms with Gasteiger partial charge in [-0.2, -0.15) is 0 Å². The molecule has 1 saturated heterocycles. The summed E-state index contributed by atoms with van der Waals surface area (Å²) in [5.74, 6) is 0. The van der Waals surface area contributed by atoms with Gasteiger partial charge in [0.1, 0.15) is 0 Å². The van der Waals surface area contributed by atoms with Crippen LogP contribution in [-0.4, -0.2) is 37.8 Å². The Bertz CT molecular complexity index is 579. The molecule has 1 atom stereocenters.